The summed E-state index contributed by atoms with van der Waals surface area (Å²) in [4.78, 5) is 37.4. The van der Waals surface area contributed by atoms with Crippen molar-refractivity contribution in [2.75, 3.05) is 7.11 Å². The summed E-state index contributed by atoms with van der Waals surface area (Å²) in [7, 11) is 1.27. The predicted molar refractivity (Wildman–Crippen MR) is 117 cm³/mol. The van der Waals surface area contributed by atoms with Gasteiger partial charge in [0.05, 0.1) is 19.3 Å². The van der Waals surface area contributed by atoms with E-state index in [1.165, 1.54) is 27.2 Å². The second-order valence-electron chi connectivity index (χ2n) is 10.8. The first-order valence-corrected chi connectivity index (χ1v) is 11.7. The molecule has 2 saturated carbocycles. The van der Waals surface area contributed by atoms with Crippen LogP contribution in [0.1, 0.15) is 64.7 Å². The van der Waals surface area contributed by atoms with E-state index in [9.17, 15) is 24.6 Å². The zero-order valence-electron chi connectivity index (χ0n) is 20.5. The van der Waals surface area contributed by atoms with Gasteiger partial charge in [-0.1, -0.05) is 20.8 Å². The lowest BCUT2D eigenvalue weighted by Crippen LogP contribution is -2.80. The Labute approximate surface area is 198 Å². The second-order valence-corrected chi connectivity index (χ2v) is 10.8. The van der Waals surface area contributed by atoms with Crippen LogP contribution in [0.3, 0.4) is 0 Å². The third-order valence-electron chi connectivity index (χ3n) is 8.88. The topological polar surface area (TPSA) is 133 Å². The molecule has 0 aromatic carbocycles. The van der Waals surface area contributed by atoms with Crippen molar-refractivity contribution in [2.45, 2.75) is 83.7 Å². The van der Waals surface area contributed by atoms with E-state index in [4.69, 9.17) is 18.6 Å². The van der Waals surface area contributed by atoms with E-state index in [1.54, 1.807) is 13.0 Å². The van der Waals surface area contributed by atoms with E-state index in [2.05, 4.69) is 0 Å². The Morgan fingerprint density at radius 1 is 1.12 bits per heavy atom. The molecule has 9 nitrogen and oxygen atoms in total. The Hall–Kier alpha value is -2.39. The molecule has 4 rings (SSSR count). The first-order chi connectivity index (χ1) is 15.8. The molecule has 0 spiro atoms. The number of ether oxygens (including phenoxy) is 3. The average Bonchev–Trinajstić information content (AvgIpc) is 3.23. The van der Waals surface area contributed by atoms with Crippen molar-refractivity contribution >= 4 is 17.9 Å². The standard InChI is InChI=1S/C25H34O9/c1-12(26)33-17-7-9-23(3,4)25(30)21(28)20(34-13(2)27)19-15(24(17,25)5)11-16-14(8-10-32-16)18(19)22(29)31-6/h8,10,15,17-21,28,30H,7,9,11H2,1-6H3/t15-,17-,18+,19-,20+,21-,24-,25+/m0/s1. The van der Waals surface area contributed by atoms with Crippen LogP contribution in [0.15, 0.2) is 16.7 Å². The van der Waals surface area contributed by atoms with E-state index < -0.39 is 70.4 Å². The van der Waals surface area contributed by atoms with Crippen molar-refractivity contribution in [3.8, 4) is 0 Å². The third-order valence-corrected chi connectivity index (χ3v) is 8.88. The Morgan fingerprint density at radius 2 is 1.76 bits per heavy atom. The number of aliphatic hydroxyl groups is 2. The minimum Gasteiger partial charge on any atom is -0.469 e. The Morgan fingerprint density at radius 3 is 2.35 bits per heavy atom. The monoisotopic (exact) mass is 478 g/mol. The maximum Gasteiger partial charge on any atom is 0.313 e. The molecular formula is C25H34O9. The first kappa shape index (κ1) is 24.7. The number of hydrogen-bond donors (Lipinski definition) is 2. The van der Waals surface area contributed by atoms with Gasteiger partial charge in [0.1, 0.15) is 29.7 Å². The highest BCUT2D eigenvalue weighted by molar-refractivity contribution is 5.80. The highest BCUT2D eigenvalue weighted by Gasteiger charge is 2.76. The van der Waals surface area contributed by atoms with Gasteiger partial charge in [0.2, 0.25) is 0 Å². The minimum atomic E-state index is -1.82. The molecule has 1 aromatic rings. The van der Waals surface area contributed by atoms with Gasteiger partial charge in [-0.3, -0.25) is 14.4 Å². The third kappa shape index (κ3) is 3.16. The lowest BCUT2D eigenvalue weighted by atomic mass is 9.39. The van der Waals surface area contributed by atoms with E-state index in [0.29, 0.717) is 30.6 Å². The van der Waals surface area contributed by atoms with Crippen LogP contribution in [-0.4, -0.2) is 59.1 Å². The molecule has 9 heteroatoms. The lowest BCUT2D eigenvalue weighted by molar-refractivity contribution is -0.337. The maximum atomic E-state index is 13.1. The van der Waals surface area contributed by atoms with Crippen molar-refractivity contribution in [2.24, 2.45) is 22.7 Å². The van der Waals surface area contributed by atoms with Crippen LogP contribution in [0.4, 0.5) is 0 Å². The fourth-order valence-corrected chi connectivity index (χ4v) is 7.37. The van der Waals surface area contributed by atoms with Gasteiger partial charge >= 0.3 is 17.9 Å². The number of aliphatic hydroxyl groups excluding tert-OH is 1. The molecule has 0 saturated heterocycles. The zero-order valence-corrected chi connectivity index (χ0v) is 20.5. The minimum absolute atomic E-state index is 0.303. The van der Waals surface area contributed by atoms with Gasteiger partial charge in [-0.25, -0.2) is 0 Å². The number of esters is 3. The van der Waals surface area contributed by atoms with Gasteiger partial charge in [-0.2, -0.15) is 0 Å². The number of fused-ring (bicyclic) bond motifs is 4. The van der Waals surface area contributed by atoms with Crippen LogP contribution >= 0.6 is 0 Å². The lowest BCUT2D eigenvalue weighted by Gasteiger charge is -2.69. The molecule has 2 N–H and O–H groups in total. The SMILES string of the molecule is COC(=O)[C@@H]1c2ccoc2C[C@H]2[C@@H]1[C@@H](OC(C)=O)[C@H](O)[C@@]1(O)C(C)(C)CC[C@H](OC(C)=O)[C@]21C. The molecule has 0 bridgehead atoms. The molecule has 188 valence electrons. The normalized spacial score (nSPS) is 40.2. The summed E-state index contributed by atoms with van der Waals surface area (Å²) in [5.41, 5.74) is -3.24. The molecule has 8 atom stereocenters. The van der Waals surface area contributed by atoms with Crippen LogP contribution in [0.5, 0.6) is 0 Å². The van der Waals surface area contributed by atoms with Crippen molar-refractivity contribution in [3.63, 3.8) is 0 Å². The summed E-state index contributed by atoms with van der Waals surface area (Å²) < 4.78 is 22.3. The number of hydrogen-bond acceptors (Lipinski definition) is 9. The summed E-state index contributed by atoms with van der Waals surface area (Å²) in [5, 5.41) is 24.2. The molecular weight excluding hydrogens is 444 g/mol. The molecule has 2 fully saturated rings. The van der Waals surface area contributed by atoms with Gasteiger partial charge in [0, 0.05) is 37.2 Å². The van der Waals surface area contributed by atoms with E-state index in [0.717, 1.165) is 0 Å². The summed E-state index contributed by atoms with van der Waals surface area (Å²) >= 11 is 0. The summed E-state index contributed by atoms with van der Waals surface area (Å²) in [6.45, 7) is 8.04. The Kier molecular flexibility index (Phi) is 5.88. The number of methoxy groups -OCH3 is 1. The number of rotatable bonds is 3. The molecule has 34 heavy (non-hydrogen) atoms. The molecule has 3 aliphatic rings. The number of carbonyl (C=O) groups is 3. The van der Waals surface area contributed by atoms with Crippen LogP contribution in [0.25, 0.3) is 0 Å². The zero-order chi connectivity index (χ0) is 25.2. The van der Waals surface area contributed by atoms with Crippen molar-refractivity contribution < 1.29 is 43.2 Å². The molecule has 1 aromatic heterocycles. The number of furan rings is 1. The molecule has 3 aliphatic carbocycles. The van der Waals surface area contributed by atoms with Gasteiger partial charge in [0.15, 0.2) is 0 Å². The van der Waals surface area contributed by atoms with Gasteiger partial charge in [-0.15, -0.1) is 0 Å². The maximum absolute atomic E-state index is 13.1. The molecule has 0 radical (unpaired) electrons. The smallest absolute Gasteiger partial charge is 0.313 e. The highest BCUT2D eigenvalue weighted by atomic mass is 16.6. The fraction of sp³-hybridized carbons (Fsp3) is 0.720. The summed E-state index contributed by atoms with van der Waals surface area (Å²) in [5.74, 6) is -3.33. The van der Waals surface area contributed by atoms with Crippen molar-refractivity contribution in [1.82, 2.24) is 0 Å². The Balaban J connectivity index is 2.00. The van der Waals surface area contributed by atoms with Crippen LogP contribution < -0.4 is 0 Å². The first-order valence-electron chi connectivity index (χ1n) is 11.7. The predicted octanol–water partition coefficient (Wildman–Crippen LogP) is 2.12. The second kappa shape index (κ2) is 8.09. The van der Waals surface area contributed by atoms with Gasteiger partial charge in [0.25, 0.3) is 0 Å². The molecule has 0 aliphatic heterocycles. The van der Waals surface area contributed by atoms with Crippen LogP contribution in [-0.2, 0) is 35.0 Å². The van der Waals surface area contributed by atoms with E-state index >= 15 is 0 Å². The highest BCUT2D eigenvalue weighted by Crippen LogP contribution is 2.67. The van der Waals surface area contributed by atoms with Crippen LogP contribution in [0.2, 0.25) is 0 Å². The van der Waals surface area contributed by atoms with E-state index in [1.807, 2.05) is 13.8 Å². The average molecular weight is 479 g/mol. The largest absolute Gasteiger partial charge is 0.469 e. The van der Waals surface area contributed by atoms with Crippen molar-refractivity contribution in [1.29, 1.82) is 0 Å². The summed E-state index contributed by atoms with van der Waals surface area (Å²) in [6.07, 6.45) is -0.758. The Bertz CT molecular complexity index is 996. The van der Waals surface area contributed by atoms with Crippen molar-refractivity contribution in [3.05, 3.63) is 23.7 Å². The number of carbonyl (C=O) groups excluding carboxylic acids is 3. The van der Waals surface area contributed by atoms with Gasteiger partial charge < -0.3 is 28.8 Å². The van der Waals surface area contributed by atoms with E-state index in [-0.39, 0.29) is 0 Å². The van der Waals surface area contributed by atoms with Crippen LogP contribution in [0, 0.1) is 22.7 Å². The molecule has 0 amide bonds. The summed E-state index contributed by atoms with van der Waals surface area (Å²) in [6, 6.07) is 1.68. The van der Waals surface area contributed by atoms with Gasteiger partial charge in [-0.05, 0) is 30.2 Å². The molecule has 1 heterocycles. The quantitative estimate of drug-likeness (QED) is 0.495. The molecule has 0 unspecified atom stereocenters. The fourth-order valence-electron chi connectivity index (χ4n) is 7.37.